The highest BCUT2D eigenvalue weighted by Crippen LogP contribution is 2.19. The monoisotopic (exact) mass is 452 g/mol. The molecule has 1 unspecified atom stereocenters. The normalized spacial score (nSPS) is 14.9. The van der Waals surface area contributed by atoms with Crippen molar-refractivity contribution < 1.29 is 19.5 Å². The average molecular weight is 453 g/mol. The summed E-state index contributed by atoms with van der Waals surface area (Å²) in [6.45, 7) is 7.38. The number of aliphatic carboxylic acids is 1. The molecule has 6 N–H and O–H groups in total. The smallest absolute Gasteiger partial charge is 0.326 e. The van der Waals surface area contributed by atoms with Crippen LogP contribution < -0.4 is 16.4 Å². The first-order valence-electron chi connectivity index (χ1n) is 10.3. The number of fused-ring (bicyclic) bond motifs is 1. The number of aromatic nitrogens is 1. The number of nitrogens with two attached hydrogens (primary N) is 1. The van der Waals surface area contributed by atoms with Gasteiger partial charge in [-0.3, -0.25) is 9.59 Å². The number of halogens is 1. The third-order valence-corrected chi connectivity index (χ3v) is 5.52. The fraction of sp³-hybridized carbons (Fsp3) is 0.500. The van der Waals surface area contributed by atoms with Gasteiger partial charge in [-0.1, -0.05) is 52.3 Å². The van der Waals surface area contributed by atoms with Gasteiger partial charge in [-0.05, 0) is 23.5 Å². The van der Waals surface area contributed by atoms with Gasteiger partial charge >= 0.3 is 5.97 Å². The molecule has 0 aliphatic rings. The van der Waals surface area contributed by atoms with Crippen LogP contribution in [-0.4, -0.2) is 46.0 Å². The third kappa shape index (κ3) is 6.70. The second kappa shape index (κ2) is 11.7. The van der Waals surface area contributed by atoms with Crippen molar-refractivity contribution in [2.24, 2.45) is 17.6 Å². The second-order valence-corrected chi connectivity index (χ2v) is 8.10. The highest BCUT2D eigenvalue weighted by atomic mass is 35.5. The van der Waals surface area contributed by atoms with E-state index in [4.69, 9.17) is 5.73 Å². The molecular formula is C22H33ClN4O4. The first-order chi connectivity index (χ1) is 14.1. The molecule has 172 valence electrons. The van der Waals surface area contributed by atoms with Crippen LogP contribution in [0.4, 0.5) is 0 Å². The number of rotatable bonds is 10. The van der Waals surface area contributed by atoms with Crippen LogP contribution in [0.1, 0.15) is 39.7 Å². The number of hydrogen-bond donors (Lipinski definition) is 5. The Morgan fingerprint density at radius 2 is 1.74 bits per heavy atom. The van der Waals surface area contributed by atoms with E-state index in [-0.39, 0.29) is 30.7 Å². The predicted octanol–water partition coefficient (Wildman–Crippen LogP) is 2.22. The van der Waals surface area contributed by atoms with E-state index in [1.54, 1.807) is 20.0 Å². The molecule has 0 saturated heterocycles. The number of carboxylic acid groups (broad SMARTS) is 1. The van der Waals surface area contributed by atoms with Crippen molar-refractivity contribution in [1.82, 2.24) is 15.6 Å². The largest absolute Gasteiger partial charge is 0.480 e. The number of benzene rings is 1. The number of para-hydroxylation sites is 1. The van der Waals surface area contributed by atoms with Gasteiger partial charge in [0.05, 0.1) is 6.04 Å². The topological polar surface area (TPSA) is 137 Å². The van der Waals surface area contributed by atoms with E-state index >= 15 is 0 Å². The molecule has 0 fully saturated rings. The lowest BCUT2D eigenvalue weighted by Gasteiger charge is -2.26. The summed E-state index contributed by atoms with van der Waals surface area (Å²) >= 11 is 0. The number of amides is 2. The van der Waals surface area contributed by atoms with Crippen molar-refractivity contribution in [2.75, 3.05) is 0 Å². The zero-order chi connectivity index (χ0) is 22.4. The van der Waals surface area contributed by atoms with E-state index in [0.29, 0.717) is 0 Å². The molecule has 4 atom stereocenters. The molecule has 0 bridgehead atoms. The van der Waals surface area contributed by atoms with Gasteiger partial charge in [0.15, 0.2) is 0 Å². The van der Waals surface area contributed by atoms with E-state index in [1.165, 1.54) is 0 Å². The molecule has 31 heavy (non-hydrogen) atoms. The molecule has 8 nitrogen and oxygen atoms in total. The van der Waals surface area contributed by atoms with Gasteiger partial charge < -0.3 is 26.5 Å². The molecule has 2 aromatic rings. The average Bonchev–Trinajstić information content (AvgIpc) is 3.12. The van der Waals surface area contributed by atoms with Crippen molar-refractivity contribution in [2.45, 2.75) is 58.7 Å². The lowest BCUT2D eigenvalue weighted by Crippen LogP contribution is -2.57. The minimum absolute atomic E-state index is 0. The number of aromatic amines is 1. The molecule has 9 heteroatoms. The van der Waals surface area contributed by atoms with E-state index in [0.717, 1.165) is 22.9 Å². The Kier molecular flexibility index (Phi) is 10.00. The van der Waals surface area contributed by atoms with Crippen LogP contribution in [0.2, 0.25) is 0 Å². The Hall–Kier alpha value is -2.58. The van der Waals surface area contributed by atoms with Gasteiger partial charge in [-0.15, -0.1) is 12.4 Å². The third-order valence-electron chi connectivity index (χ3n) is 5.52. The molecule has 2 amide bonds. The van der Waals surface area contributed by atoms with E-state index in [9.17, 15) is 19.5 Å². The summed E-state index contributed by atoms with van der Waals surface area (Å²) in [4.78, 5) is 40.2. The summed E-state index contributed by atoms with van der Waals surface area (Å²) in [5, 5.41) is 15.8. The Balaban J connectivity index is 0.00000480. The SMILES string of the molecule is CCC(C)[C@H](N)C(=O)N[C@H](C(=O)N[C@@H](Cc1c[nH]c2ccccc12)C(=O)O)C(C)C.Cl. The molecule has 0 saturated carbocycles. The predicted molar refractivity (Wildman–Crippen MR) is 123 cm³/mol. The van der Waals surface area contributed by atoms with E-state index in [1.807, 2.05) is 38.1 Å². The molecule has 0 aliphatic heterocycles. The van der Waals surface area contributed by atoms with Crippen LogP contribution in [0.25, 0.3) is 10.9 Å². The van der Waals surface area contributed by atoms with Crippen molar-refractivity contribution in [3.05, 3.63) is 36.0 Å². The lowest BCUT2D eigenvalue weighted by molar-refractivity contribution is -0.142. The zero-order valence-corrected chi connectivity index (χ0v) is 19.2. The van der Waals surface area contributed by atoms with E-state index < -0.39 is 35.9 Å². The fourth-order valence-corrected chi connectivity index (χ4v) is 3.28. The van der Waals surface area contributed by atoms with Gasteiger partial charge in [0.1, 0.15) is 12.1 Å². The Morgan fingerprint density at radius 1 is 1.10 bits per heavy atom. The number of H-pyrrole nitrogens is 1. The standard InChI is InChI=1S/C22H32N4O4.ClH/c1-5-13(4)18(23)20(27)26-19(12(2)3)21(28)25-17(22(29)30)10-14-11-24-16-9-7-6-8-15(14)16;/h6-9,11-13,17-19,24H,5,10,23H2,1-4H3,(H,25,28)(H,26,27)(H,29,30);1H/t13?,17-,18-,19-;/m0./s1. The molecule has 1 aromatic carbocycles. The summed E-state index contributed by atoms with van der Waals surface area (Å²) in [7, 11) is 0. The second-order valence-electron chi connectivity index (χ2n) is 8.10. The first-order valence-corrected chi connectivity index (χ1v) is 10.3. The number of carbonyl (C=O) groups is 3. The number of nitrogens with one attached hydrogen (secondary N) is 3. The molecular weight excluding hydrogens is 420 g/mol. The number of carbonyl (C=O) groups excluding carboxylic acids is 2. The van der Waals surface area contributed by atoms with Gasteiger partial charge in [-0.25, -0.2) is 4.79 Å². The van der Waals surface area contributed by atoms with Crippen molar-refractivity contribution >= 4 is 41.1 Å². The van der Waals surface area contributed by atoms with Crippen molar-refractivity contribution in [1.29, 1.82) is 0 Å². The summed E-state index contributed by atoms with van der Waals surface area (Å²) in [5.41, 5.74) is 7.66. The summed E-state index contributed by atoms with van der Waals surface area (Å²) in [6, 6.07) is 4.83. The highest BCUT2D eigenvalue weighted by Gasteiger charge is 2.31. The van der Waals surface area contributed by atoms with Crippen LogP contribution >= 0.6 is 12.4 Å². The van der Waals surface area contributed by atoms with Crippen LogP contribution in [-0.2, 0) is 20.8 Å². The highest BCUT2D eigenvalue weighted by molar-refractivity contribution is 5.92. The Labute approximate surface area is 188 Å². The molecule has 1 heterocycles. The first kappa shape index (κ1) is 26.5. The fourth-order valence-electron chi connectivity index (χ4n) is 3.28. The Morgan fingerprint density at radius 3 is 2.32 bits per heavy atom. The molecule has 0 aliphatic carbocycles. The molecule has 0 radical (unpaired) electrons. The Bertz CT molecular complexity index is 899. The lowest BCUT2D eigenvalue weighted by atomic mass is 9.97. The quantitative estimate of drug-likeness (QED) is 0.376. The number of hydrogen-bond acceptors (Lipinski definition) is 4. The van der Waals surface area contributed by atoms with Crippen molar-refractivity contribution in [3.63, 3.8) is 0 Å². The maximum Gasteiger partial charge on any atom is 0.326 e. The maximum atomic E-state index is 12.9. The van der Waals surface area contributed by atoms with Gasteiger partial charge in [0.2, 0.25) is 11.8 Å². The van der Waals surface area contributed by atoms with Gasteiger partial charge in [0, 0.05) is 23.5 Å². The maximum absolute atomic E-state index is 12.9. The van der Waals surface area contributed by atoms with Crippen molar-refractivity contribution in [3.8, 4) is 0 Å². The van der Waals surface area contributed by atoms with E-state index in [2.05, 4.69) is 15.6 Å². The summed E-state index contributed by atoms with van der Waals surface area (Å²) in [6.07, 6.45) is 2.61. The molecule has 1 aromatic heterocycles. The van der Waals surface area contributed by atoms with Crippen LogP contribution in [0.15, 0.2) is 30.5 Å². The van der Waals surface area contributed by atoms with Crippen LogP contribution in [0.5, 0.6) is 0 Å². The zero-order valence-electron chi connectivity index (χ0n) is 18.3. The van der Waals surface area contributed by atoms with Gasteiger partial charge in [-0.2, -0.15) is 0 Å². The van der Waals surface area contributed by atoms with Crippen LogP contribution in [0.3, 0.4) is 0 Å². The summed E-state index contributed by atoms with van der Waals surface area (Å²) in [5.74, 6) is -2.36. The van der Waals surface area contributed by atoms with Gasteiger partial charge in [0.25, 0.3) is 0 Å². The molecule has 0 spiro atoms. The number of carboxylic acids is 1. The minimum atomic E-state index is -1.14. The summed E-state index contributed by atoms with van der Waals surface area (Å²) < 4.78 is 0. The van der Waals surface area contributed by atoms with Crippen LogP contribution in [0, 0.1) is 11.8 Å². The minimum Gasteiger partial charge on any atom is -0.480 e. The molecule has 2 rings (SSSR count).